The zero-order chi connectivity index (χ0) is 14.5. The second-order valence-corrected chi connectivity index (χ2v) is 4.30. The minimum Gasteiger partial charge on any atom is -0.478 e. The molecule has 0 fully saturated rings. The van der Waals surface area contributed by atoms with E-state index in [0.717, 1.165) is 12.1 Å². The molecule has 0 aromatic heterocycles. The summed E-state index contributed by atoms with van der Waals surface area (Å²) in [4.78, 5) is 21.7. The van der Waals surface area contributed by atoms with Crippen LogP contribution in [-0.2, 0) is 6.42 Å². The topological polar surface area (TPSA) is 78.8 Å². The van der Waals surface area contributed by atoms with E-state index in [2.05, 4.69) is 17.4 Å². The van der Waals surface area contributed by atoms with Gasteiger partial charge in [-0.25, -0.2) is 4.79 Å². The molecule has 0 spiro atoms. The monoisotopic (exact) mass is 270 g/mol. The summed E-state index contributed by atoms with van der Waals surface area (Å²) in [5, 5.41) is 14.8. The molecule has 102 valence electrons. The number of aryl methyl sites for hydroxylation is 1. The Bertz CT molecular complexity index is 636. The van der Waals surface area contributed by atoms with Gasteiger partial charge in [-0.15, -0.1) is 4.91 Å². The van der Waals surface area contributed by atoms with Crippen molar-refractivity contribution >= 4 is 23.0 Å². The summed E-state index contributed by atoms with van der Waals surface area (Å²) in [6.45, 7) is 2.07. The molecule has 0 aliphatic carbocycles. The quantitative estimate of drug-likeness (QED) is 0.802. The van der Waals surface area contributed by atoms with Gasteiger partial charge < -0.3 is 10.4 Å². The van der Waals surface area contributed by atoms with Crippen molar-refractivity contribution in [1.29, 1.82) is 0 Å². The molecule has 2 N–H and O–H groups in total. The lowest BCUT2D eigenvalue weighted by Crippen LogP contribution is -1.97. The lowest BCUT2D eigenvalue weighted by Gasteiger charge is -2.09. The molecule has 0 atom stereocenters. The van der Waals surface area contributed by atoms with E-state index >= 15 is 0 Å². The van der Waals surface area contributed by atoms with Crippen LogP contribution in [0.4, 0.5) is 17.1 Å². The SMILES string of the molecule is CCc1ccc(Nc2ccc(C(=O)O)cc2N=O)cc1. The Kier molecular flexibility index (Phi) is 4.10. The first-order valence-corrected chi connectivity index (χ1v) is 6.20. The van der Waals surface area contributed by atoms with Crippen molar-refractivity contribution in [3.05, 3.63) is 58.5 Å². The normalized spacial score (nSPS) is 10.1. The number of carboxylic acid groups (broad SMARTS) is 1. The molecule has 0 unspecified atom stereocenters. The molecule has 0 bridgehead atoms. The van der Waals surface area contributed by atoms with Crippen LogP contribution in [-0.4, -0.2) is 11.1 Å². The van der Waals surface area contributed by atoms with E-state index in [1.54, 1.807) is 0 Å². The van der Waals surface area contributed by atoms with Crippen LogP contribution in [0.5, 0.6) is 0 Å². The highest BCUT2D eigenvalue weighted by molar-refractivity contribution is 5.90. The Morgan fingerprint density at radius 1 is 1.20 bits per heavy atom. The van der Waals surface area contributed by atoms with Crippen molar-refractivity contribution in [3.8, 4) is 0 Å². The lowest BCUT2D eigenvalue weighted by atomic mass is 10.1. The molecule has 2 aromatic rings. The zero-order valence-corrected chi connectivity index (χ0v) is 11.0. The Hall–Kier alpha value is -2.69. The number of aromatic carboxylic acids is 1. The summed E-state index contributed by atoms with van der Waals surface area (Å²) < 4.78 is 0. The number of anilines is 2. The summed E-state index contributed by atoms with van der Waals surface area (Å²) >= 11 is 0. The van der Waals surface area contributed by atoms with Gasteiger partial charge in [-0.1, -0.05) is 19.1 Å². The molecule has 20 heavy (non-hydrogen) atoms. The predicted octanol–water partition coefficient (Wildman–Crippen LogP) is 4.09. The van der Waals surface area contributed by atoms with Crippen molar-refractivity contribution in [2.24, 2.45) is 5.18 Å². The molecule has 0 radical (unpaired) electrons. The summed E-state index contributed by atoms with van der Waals surface area (Å²) in [6.07, 6.45) is 0.953. The number of rotatable bonds is 5. The standard InChI is InChI=1S/C15H14N2O3/c1-2-10-3-6-12(7-4-10)16-13-8-5-11(15(18)19)9-14(13)17-20/h3-9,16H,2H2,1H3,(H,18,19). The van der Waals surface area contributed by atoms with E-state index in [1.807, 2.05) is 24.3 Å². The number of carboxylic acids is 1. The number of nitrogens with zero attached hydrogens (tertiary/aromatic N) is 1. The van der Waals surface area contributed by atoms with Crippen LogP contribution in [0.25, 0.3) is 0 Å². The third kappa shape index (κ3) is 3.00. The van der Waals surface area contributed by atoms with Crippen molar-refractivity contribution in [2.45, 2.75) is 13.3 Å². The van der Waals surface area contributed by atoms with E-state index in [1.165, 1.54) is 23.8 Å². The number of carbonyl (C=O) groups is 1. The van der Waals surface area contributed by atoms with E-state index < -0.39 is 5.97 Å². The first-order chi connectivity index (χ1) is 9.63. The van der Waals surface area contributed by atoms with E-state index in [4.69, 9.17) is 5.11 Å². The molecular weight excluding hydrogens is 256 g/mol. The second kappa shape index (κ2) is 5.97. The van der Waals surface area contributed by atoms with Crippen molar-refractivity contribution < 1.29 is 9.90 Å². The summed E-state index contributed by atoms with van der Waals surface area (Å²) in [5.74, 6) is -1.09. The van der Waals surface area contributed by atoms with Gasteiger partial charge in [0.25, 0.3) is 0 Å². The van der Waals surface area contributed by atoms with E-state index in [9.17, 15) is 9.70 Å². The minimum absolute atomic E-state index is 0.0338. The molecule has 0 aliphatic rings. The van der Waals surface area contributed by atoms with E-state index in [-0.39, 0.29) is 11.3 Å². The van der Waals surface area contributed by atoms with Gasteiger partial charge in [0.15, 0.2) is 0 Å². The van der Waals surface area contributed by atoms with Crippen LogP contribution in [0.2, 0.25) is 0 Å². The number of hydrogen-bond donors (Lipinski definition) is 2. The fourth-order valence-corrected chi connectivity index (χ4v) is 1.83. The minimum atomic E-state index is -1.09. The van der Waals surface area contributed by atoms with Crippen molar-refractivity contribution in [1.82, 2.24) is 0 Å². The molecule has 2 aromatic carbocycles. The number of nitrogens with one attached hydrogen (secondary N) is 1. The molecule has 2 rings (SSSR count). The molecule has 0 saturated carbocycles. The third-order valence-corrected chi connectivity index (χ3v) is 2.98. The van der Waals surface area contributed by atoms with Gasteiger partial charge in [-0.05, 0) is 47.5 Å². The second-order valence-electron chi connectivity index (χ2n) is 4.30. The molecule has 0 aliphatic heterocycles. The fraction of sp³-hybridized carbons (Fsp3) is 0.133. The highest BCUT2D eigenvalue weighted by Gasteiger charge is 2.09. The van der Waals surface area contributed by atoms with E-state index in [0.29, 0.717) is 5.69 Å². The Morgan fingerprint density at radius 2 is 1.90 bits per heavy atom. The van der Waals surface area contributed by atoms with Crippen LogP contribution in [0.1, 0.15) is 22.8 Å². The van der Waals surface area contributed by atoms with Crippen LogP contribution in [0.3, 0.4) is 0 Å². The van der Waals surface area contributed by atoms with Gasteiger partial charge in [-0.3, -0.25) is 0 Å². The highest BCUT2D eigenvalue weighted by Crippen LogP contribution is 2.29. The van der Waals surface area contributed by atoms with Crippen molar-refractivity contribution in [3.63, 3.8) is 0 Å². The number of benzene rings is 2. The van der Waals surface area contributed by atoms with Crippen LogP contribution in [0, 0.1) is 4.91 Å². The maximum atomic E-state index is 10.8. The lowest BCUT2D eigenvalue weighted by molar-refractivity contribution is 0.0697. The fourth-order valence-electron chi connectivity index (χ4n) is 1.83. The maximum Gasteiger partial charge on any atom is 0.335 e. The molecule has 0 amide bonds. The maximum absolute atomic E-state index is 10.8. The van der Waals surface area contributed by atoms with Gasteiger partial charge in [0, 0.05) is 5.69 Å². The molecule has 0 saturated heterocycles. The Morgan fingerprint density at radius 3 is 2.45 bits per heavy atom. The Balaban J connectivity index is 2.27. The first-order valence-electron chi connectivity index (χ1n) is 6.20. The van der Waals surface area contributed by atoms with Gasteiger partial charge in [-0.2, -0.15) is 0 Å². The summed E-state index contributed by atoms with van der Waals surface area (Å²) in [5.41, 5.74) is 2.62. The van der Waals surface area contributed by atoms with Gasteiger partial charge in [0.2, 0.25) is 0 Å². The zero-order valence-electron chi connectivity index (χ0n) is 11.0. The highest BCUT2D eigenvalue weighted by atomic mass is 16.4. The Labute approximate surface area is 116 Å². The van der Waals surface area contributed by atoms with Gasteiger partial charge in [0.05, 0.1) is 11.3 Å². The van der Waals surface area contributed by atoms with Crippen LogP contribution >= 0.6 is 0 Å². The first kappa shape index (κ1) is 13.7. The number of hydrogen-bond acceptors (Lipinski definition) is 4. The average molecular weight is 270 g/mol. The summed E-state index contributed by atoms with van der Waals surface area (Å²) in [7, 11) is 0. The number of nitroso groups, excluding NO2 is 1. The molecular formula is C15H14N2O3. The van der Waals surface area contributed by atoms with Crippen LogP contribution < -0.4 is 5.32 Å². The molecule has 5 nitrogen and oxygen atoms in total. The van der Waals surface area contributed by atoms with Crippen molar-refractivity contribution in [2.75, 3.05) is 5.32 Å². The third-order valence-electron chi connectivity index (χ3n) is 2.98. The smallest absolute Gasteiger partial charge is 0.335 e. The summed E-state index contributed by atoms with van der Waals surface area (Å²) in [6, 6.07) is 12.0. The molecule has 5 heteroatoms. The predicted molar refractivity (Wildman–Crippen MR) is 78.0 cm³/mol. The molecule has 0 heterocycles. The van der Waals surface area contributed by atoms with Crippen LogP contribution in [0.15, 0.2) is 47.6 Å². The average Bonchev–Trinajstić information content (AvgIpc) is 2.48. The van der Waals surface area contributed by atoms with Gasteiger partial charge in [0.1, 0.15) is 5.69 Å². The largest absolute Gasteiger partial charge is 0.478 e. The van der Waals surface area contributed by atoms with Gasteiger partial charge >= 0.3 is 5.97 Å².